The summed E-state index contributed by atoms with van der Waals surface area (Å²) in [6, 6.07) is 5.13. The van der Waals surface area contributed by atoms with Gasteiger partial charge in [0.1, 0.15) is 12.0 Å². The molecule has 0 saturated heterocycles. The molecule has 21 heavy (non-hydrogen) atoms. The van der Waals surface area contributed by atoms with E-state index in [1.165, 1.54) is 6.92 Å². The van der Waals surface area contributed by atoms with E-state index in [1.807, 2.05) is 55.4 Å². The SMILES string of the molecule is CC.CC.CC.CC(=O)Oc1cc(C=O)cc(C(C)C)c1. The Labute approximate surface area is 130 Å². The molecule has 0 radical (unpaired) electrons. The lowest BCUT2D eigenvalue weighted by atomic mass is 10.0. The molecule has 0 aromatic heterocycles. The number of carbonyl (C=O) groups is 2. The van der Waals surface area contributed by atoms with Gasteiger partial charge in [-0.25, -0.2) is 0 Å². The molecule has 0 heterocycles. The summed E-state index contributed by atoms with van der Waals surface area (Å²) in [6.45, 7) is 17.4. The van der Waals surface area contributed by atoms with Crippen LogP contribution < -0.4 is 4.74 Å². The predicted molar refractivity (Wildman–Crippen MR) is 91.3 cm³/mol. The third-order valence-corrected chi connectivity index (χ3v) is 2.02. The Morgan fingerprint density at radius 3 is 1.81 bits per heavy atom. The molecule has 1 aromatic rings. The van der Waals surface area contributed by atoms with E-state index in [2.05, 4.69) is 0 Å². The molecule has 0 aliphatic rings. The van der Waals surface area contributed by atoms with E-state index >= 15 is 0 Å². The lowest BCUT2D eigenvalue weighted by molar-refractivity contribution is -0.131. The van der Waals surface area contributed by atoms with E-state index in [0.717, 1.165) is 11.8 Å². The van der Waals surface area contributed by atoms with Crippen LogP contribution in [0.2, 0.25) is 0 Å². The Bertz CT molecular complexity index is 382. The van der Waals surface area contributed by atoms with Crippen LogP contribution in [0.25, 0.3) is 0 Å². The van der Waals surface area contributed by atoms with Crippen molar-refractivity contribution in [3.05, 3.63) is 29.3 Å². The summed E-state index contributed by atoms with van der Waals surface area (Å²) in [4.78, 5) is 21.5. The van der Waals surface area contributed by atoms with Crippen LogP contribution in [0.3, 0.4) is 0 Å². The van der Waals surface area contributed by atoms with Gasteiger partial charge in [0.05, 0.1) is 0 Å². The lowest BCUT2D eigenvalue weighted by Crippen LogP contribution is -2.03. The summed E-state index contributed by atoms with van der Waals surface area (Å²) in [7, 11) is 0. The molecule has 0 bridgehead atoms. The molecule has 0 unspecified atom stereocenters. The average Bonchev–Trinajstić information content (AvgIpc) is 2.52. The maximum absolute atomic E-state index is 10.8. The summed E-state index contributed by atoms with van der Waals surface area (Å²) in [6.07, 6.45) is 0.749. The number of rotatable bonds is 3. The Hall–Kier alpha value is -1.64. The van der Waals surface area contributed by atoms with Crippen molar-refractivity contribution in [2.75, 3.05) is 0 Å². The Morgan fingerprint density at radius 1 is 1.00 bits per heavy atom. The zero-order valence-corrected chi connectivity index (χ0v) is 15.1. The molecule has 0 amide bonds. The van der Waals surface area contributed by atoms with E-state index < -0.39 is 0 Å². The first kappa shape index (κ1) is 24.4. The third kappa shape index (κ3) is 11.9. The second-order valence-corrected chi connectivity index (χ2v) is 3.70. The number of benzene rings is 1. The van der Waals surface area contributed by atoms with Gasteiger partial charge in [-0.3, -0.25) is 9.59 Å². The molecule has 0 spiro atoms. The van der Waals surface area contributed by atoms with Gasteiger partial charge in [-0.2, -0.15) is 0 Å². The Balaban J connectivity index is -0.000000478. The van der Waals surface area contributed by atoms with Gasteiger partial charge in [0.25, 0.3) is 0 Å². The minimum absolute atomic E-state index is 0.291. The standard InChI is InChI=1S/C12H14O3.3C2H6/c1-8(2)11-4-10(7-13)5-12(6-11)15-9(3)14;3*1-2/h4-8H,1-3H3;3*1-2H3. The molecule has 122 valence electrons. The summed E-state index contributed by atoms with van der Waals surface area (Å²) in [5.74, 6) is 0.336. The van der Waals surface area contributed by atoms with Crippen molar-refractivity contribution < 1.29 is 14.3 Å². The highest BCUT2D eigenvalue weighted by molar-refractivity contribution is 5.77. The highest BCUT2D eigenvalue weighted by atomic mass is 16.5. The van der Waals surface area contributed by atoms with Crippen molar-refractivity contribution in [1.82, 2.24) is 0 Å². The molecule has 0 fully saturated rings. The molecule has 1 aromatic carbocycles. The zero-order valence-electron chi connectivity index (χ0n) is 15.1. The van der Waals surface area contributed by atoms with Crippen LogP contribution >= 0.6 is 0 Å². The minimum atomic E-state index is -0.382. The van der Waals surface area contributed by atoms with Gasteiger partial charge < -0.3 is 4.74 Å². The van der Waals surface area contributed by atoms with Gasteiger partial charge in [-0.05, 0) is 29.7 Å². The third-order valence-electron chi connectivity index (χ3n) is 2.02. The van der Waals surface area contributed by atoms with Crippen LogP contribution in [-0.2, 0) is 4.79 Å². The maximum Gasteiger partial charge on any atom is 0.308 e. The van der Waals surface area contributed by atoms with Gasteiger partial charge in [-0.15, -0.1) is 0 Å². The van der Waals surface area contributed by atoms with Crippen molar-refractivity contribution in [3.63, 3.8) is 0 Å². The number of esters is 1. The van der Waals surface area contributed by atoms with Crippen molar-refractivity contribution >= 4 is 12.3 Å². The molecular formula is C18H32O3. The van der Waals surface area contributed by atoms with Gasteiger partial charge in [-0.1, -0.05) is 55.4 Å². The van der Waals surface area contributed by atoms with E-state index in [4.69, 9.17) is 4.74 Å². The molecule has 0 N–H and O–H groups in total. The van der Waals surface area contributed by atoms with Gasteiger partial charge >= 0.3 is 5.97 Å². The van der Waals surface area contributed by atoms with Crippen LogP contribution in [0.4, 0.5) is 0 Å². The lowest BCUT2D eigenvalue weighted by Gasteiger charge is -2.09. The van der Waals surface area contributed by atoms with E-state index in [0.29, 0.717) is 17.2 Å². The van der Waals surface area contributed by atoms with Crippen LogP contribution in [0.15, 0.2) is 18.2 Å². The molecule has 0 atom stereocenters. The first-order valence-electron chi connectivity index (χ1n) is 7.81. The Kier molecular flexibility index (Phi) is 19.1. The molecular weight excluding hydrogens is 264 g/mol. The largest absolute Gasteiger partial charge is 0.427 e. The fourth-order valence-electron chi connectivity index (χ4n) is 1.27. The smallest absolute Gasteiger partial charge is 0.308 e. The highest BCUT2D eigenvalue weighted by Crippen LogP contribution is 2.22. The van der Waals surface area contributed by atoms with Crippen molar-refractivity contribution in [3.8, 4) is 5.75 Å². The summed E-state index contributed by atoms with van der Waals surface area (Å²) >= 11 is 0. The van der Waals surface area contributed by atoms with Crippen LogP contribution in [-0.4, -0.2) is 12.3 Å². The molecule has 3 nitrogen and oxygen atoms in total. The number of carbonyl (C=O) groups excluding carboxylic acids is 2. The fraction of sp³-hybridized carbons (Fsp3) is 0.556. The normalized spacial score (nSPS) is 8.10. The molecule has 0 saturated carbocycles. The van der Waals surface area contributed by atoms with Crippen molar-refractivity contribution in [2.24, 2.45) is 0 Å². The zero-order chi connectivity index (χ0) is 17.4. The topological polar surface area (TPSA) is 43.4 Å². The fourth-order valence-corrected chi connectivity index (χ4v) is 1.27. The highest BCUT2D eigenvalue weighted by Gasteiger charge is 2.06. The van der Waals surface area contributed by atoms with Crippen LogP contribution in [0.5, 0.6) is 5.75 Å². The Morgan fingerprint density at radius 2 is 1.48 bits per heavy atom. The number of aldehydes is 1. The molecule has 0 aliphatic heterocycles. The first-order chi connectivity index (χ1) is 10.0. The summed E-state index contributed by atoms with van der Waals surface area (Å²) in [5.41, 5.74) is 1.51. The summed E-state index contributed by atoms with van der Waals surface area (Å²) in [5, 5.41) is 0. The molecule has 1 rings (SSSR count). The predicted octanol–water partition coefficient (Wildman–Crippen LogP) is 5.63. The van der Waals surface area contributed by atoms with Crippen LogP contribution in [0, 0.1) is 0 Å². The second-order valence-electron chi connectivity index (χ2n) is 3.70. The van der Waals surface area contributed by atoms with E-state index in [-0.39, 0.29) is 5.97 Å². The monoisotopic (exact) mass is 296 g/mol. The first-order valence-corrected chi connectivity index (χ1v) is 7.81. The quantitative estimate of drug-likeness (QED) is 0.412. The van der Waals surface area contributed by atoms with E-state index in [9.17, 15) is 9.59 Å². The molecule has 3 heteroatoms. The number of hydrogen-bond donors (Lipinski definition) is 0. The van der Waals surface area contributed by atoms with Crippen molar-refractivity contribution in [1.29, 1.82) is 0 Å². The van der Waals surface area contributed by atoms with Crippen molar-refractivity contribution in [2.45, 2.75) is 68.2 Å². The number of hydrogen-bond acceptors (Lipinski definition) is 3. The van der Waals surface area contributed by atoms with E-state index in [1.54, 1.807) is 18.2 Å². The van der Waals surface area contributed by atoms with Crippen LogP contribution in [0.1, 0.15) is 84.2 Å². The van der Waals surface area contributed by atoms with Gasteiger partial charge in [0.2, 0.25) is 0 Å². The number of ether oxygens (including phenoxy) is 1. The minimum Gasteiger partial charge on any atom is -0.427 e. The summed E-state index contributed by atoms with van der Waals surface area (Å²) < 4.78 is 4.95. The van der Waals surface area contributed by atoms with Gasteiger partial charge in [0.15, 0.2) is 0 Å². The maximum atomic E-state index is 10.8. The second kappa shape index (κ2) is 16.4. The van der Waals surface area contributed by atoms with Gasteiger partial charge in [0, 0.05) is 12.5 Å². The molecule has 0 aliphatic carbocycles. The average molecular weight is 296 g/mol.